The summed E-state index contributed by atoms with van der Waals surface area (Å²) in [4.78, 5) is 12.4. The first-order chi connectivity index (χ1) is 24.6. The maximum atomic E-state index is 12.4. The largest absolute Gasteiger partial charge is 0.394 e. The molecule has 0 saturated heterocycles. The van der Waals surface area contributed by atoms with Crippen LogP contribution in [0.25, 0.3) is 0 Å². The third kappa shape index (κ3) is 35.0. The number of carbonyl (C=O) groups is 1. The van der Waals surface area contributed by atoms with Gasteiger partial charge in [0, 0.05) is 0 Å². The van der Waals surface area contributed by atoms with E-state index in [1.54, 1.807) is 6.08 Å². The summed E-state index contributed by atoms with van der Waals surface area (Å²) in [5.41, 5.74) is 0. The lowest BCUT2D eigenvalue weighted by molar-refractivity contribution is -0.131. The number of aliphatic hydroxyl groups excluding tert-OH is 3. The standard InChI is InChI=1S/C45H85NO4/c1-3-5-7-9-11-13-15-17-19-20-21-22-23-24-26-28-30-32-34-36-38-40-44(49)45(50)46-42(41-47)43(48)39-37-35-33-31-29-27-25-18-16-14-12-10-8-6-4-2/h23-24,29,31,37,39,42-44,47-49H,3-22,25-28,30,32-36,38,40-41H2,1-2H3,(H,46,50)/b24-23-,31-29+,39-37+. The Morgan fingerprint density at radius 2 is 0.820 bits per heavy atom. The van der Waals surface area contributed by atoms with Gasteiger partial charge in [0.2, 0.25) is 5.91 Å². The highest BCUT2D eigenvalue weighted by molar-refractivity contribution is 5.80. The third-order valence-electron chi connectivity index (χ3n) is 9.95. The highest BCUT2D eigenvalue weighted by atomic mass is 16.3. The molecule has 0 aliphatic heterocycles. The number of aliphatic hydroxyl groups is 3. The van der Waals surface area contributed by atoms with E-state index in [0.29, 0.717) is 6.42 Å². The molecular weight excluding hydrogens is 618 g/mol. The zero-order valence-corrected chi connectivity index (χ0v) is 33.3. The molecule has 5 nitrogen and oxygen atoms in total. The molecule has 1 amide bonds. The van der Waals surface area contributed by atoms with Crippen LogP contribution in [0.2, 0.25) is 0 Å². The van der Waals surface area contributed by atoms with Crippen molar-refractivity contribution in [3.05, 3.63) is 36.5 Å². The van der Waals surface area contributed by atoms with Crippen molar-refractivity contribution in [1.82, 2.24) is 5.32 Å². The number of unbranched alkanes of at least 4 members (excludes halogenated alkanes) is 27. The second kappa shape index (κ2) is 40.3. The fourth-order valence-electron chi connectivity index (χ4n) is 6.49. The molecule has 5 heteroatoms. The molecule has 0 heterocycles. The summed E-state index contributed by atoms with van der Waals surface area (Å²) in [6.07, 6.45) is 50.3. The van der Waals surface area contributed by atoms with E-state index < -0.39 is 24.2 Å². The Kier molecular flexibility index (Phi) is 39.2. The summed E-state index contributed by atoms with van der Waals surface area (Å²) < 4.78 is 0. The van der Waals surface area contributed by atoms with Crippen LogP contribution >= 0.6 is 0 Å². The second-order valence-electron chi connectivity index (χ2n) is 14.9. The molecule has 0 aromatic rings. The number of allylic oxidation sites excluding steroid dienone is 5. The lowest BCUT2D eigenvalue weighted by atomic mass is 10.0. The van der Waals surface area contributed by atoms with Gasteiger partial charge in [-0.15, -0.1) is 0 Å². The molecule has 0 aliphatic carbocycles. The summed E-state index contributed by atoms with van der Waals surface area (Å²) >= 11 is 0. The molecule has 50 heavy (non-hydrogen) atoms. The molecule has 0 spiro atoms. The lowest BCUT2D eigenvalue weighted by Gasteiger charge is -2.21. The van der Waals surface area contributed by atoms with Gasteiger partial charge in [-0.05, 0) is 57.8 Å². The van der Waals surface area contributed by atoms with E-state index in [-0.39, 0.29) is 6.61 Å². The number of amides is 1. The Hall–Kier alpha value is -1.43. The number of nitrogens with one attached hydrogen (secondary N) is 1. The molecule has 3 unspecified atom stereocenters. The van der Waals surface area contributed by atoms with Crippen molar-refractivity contribution >= 4 is 5.91 Å². The van der Waals surface area contributed by atoms with Gasteiger partial charge in [-0.25, -0.2) is 0 Å². The number of hydrogen-bond acceptors (Lipinski definition) is 4. The van der Waals surface area contributed by atoms with Gasteiger partial charge in [0.05, 0.1) is 18.8 Å². The molecule has 0 aromatic heterocycles. The highest BCUT2D eigenvalue weighted by Crippen LogP contribution is 2.14. The van der Waals surface area contributed by atoms with Crippen molar-refractivity contribution in [2.24, 2.45) is 0 Å². The molecule has 4 N–H and O–H groups in total. The maximum Gasteiger partial charge on any atom is 0.249 e. The van der Waals surface area contributed by atoms with Crippen LogP contribution in [0.15, 0.2) is 36.5 Å². The number of rotatable bonds is 39. The van der Waals surface area contributed by atoms with Gasteiger partial charge in [-0.3, -0.25) is 4.79 Å². The van der Waals surface area contributed by atoms with Crippen LogP contribution in [0, 0.1) is 0 Å². The normalized spacial score (nSPS) is 13.9. The van der Waals surface area contributed by atoms with Gasteiger partial charge in [0.1, 0.15) is 6.10 Å². The van der Waals surface area contributed by atoms with E-state index in [0.717, 1.165) is 38.5 Å². The van der Waals surface area contributed by atoms with Gasteiger partial charge in [0.15, 0.2) is 0 Å². The molecular formula is C45H85NO4. The van der Waals surface area contributed by atoms with Crippen LogP contribution in [0.5, 0.6) is 0 Å². The lowest BCUT2D eigenvalue weighted by Crippen LogP contribution is -2.48. The van der Waals surface area contributed by atoms with Crippen molar-refractivity contribution in [2.75, 3.05) is 6.61 Å². The number of hydrogen-bond donors (Lipinski definition) is 4. The highest BCUT2D eigenvalue weighted by Gasteiger charge is 2.22. The van der Waals surface area contributed by atoms with Crippen molar-refractivity contribution in [3.63, 3.8) is 0 Å². The quantitative estimate of drug-likeness (QED) is 0.0379. The van der Waals surface area contributed by atoms with Crippen molar-refractivity contribution in [1.29, 1.82) is 0 Å². The molecule has 0 aromatic carbocycles. The smallest absolute Gasteiger partial charge is 0.249 e. The maximum absolute atomic E-state index is 12.4. The van der Waals surface area contributed by atoms with E-state index in [1.807, 2.05) is 6.08 Å². The van der Waals surface area contributed by atoms with Gasteiger partial charge in [-0.1, -0.05) is 198 Å². The zero-order chi connectivity index (χ0) is 36.6. The fourth-order valence-corrected chi connectivity index (χ4v) is 6.49. The van der Waals surface area contributed by atoms with Gasteiger partial charge in [0.25, 0.3) is 0 Å². The molecule has 0 aliphatic rings. The van der Waals surface area contributed by atoms with Crippen LogP contribution in [-0.2, 0) is 4.79 Å². The molecule has 0 saturated carbocycles. The Morgan fingerprint density at radius 3 is 1.22 bits per heavy atom. The van der Waals surface area contributed by atoms with E-state index in [1.165, 1.54) is 161 Å². The van der Waals surface area contributed by atoms with E-state index >= 15 is 0 Å². The first-order valence-electron chi connectivity index (χ1n) is 21.8. The summed E-state index contributed by atoms with van der Waals surface area (Å²) in [6, 6.07) is -0.815. The summed E-state index contributed by atoms with van der Waals surface area (Å²) in [5, 5.41) is 33.1. The van der Waals surface area contributed by atoms with Crippen LogP contribution in [0.1, 0.15) is 219 Å². The average Bonchev–Trinajstić information content (AvgIpc) is 3.12. The molecule has 0 radical (unpaired) electrons. The minimum Gasteiger partial charge on any atom is -0.394 e. The molecule has 294 valence electrons. The average molecular weight is 704 g/mol. The van der Waals surface area contributed by atoms with E-state index in [4.69, 9.17) is 0 Å². The van der Waals surface area contributed by atoms with E-state index in [9.17, 15) is 20.1 Å². The predicted molar refractivity (Wildman–Crippen MR) is 218 cm³/mol. The summed E-state index contributed by atoms with van der Waals surface area (Å²) in [5.74, 6) is -0.518. The zero-order valence-electron chi connectivity index (χ0n) is 33.3. The second-order valence-corrected chi connectivity index (χ2v) is 14.9. The number of carbonyl (C=O) groups excluding carboxylic acids is 1. The Labute approximate surface area is 311 Å². The topological polar surface area (TPSA) is 89.8 Å². The molecule has 0 bridgehead atoms. The SMILES string of the molecule is CCCCCCCCCCC/C=C/CC/C=C/C(O)C(CO)NC(=O)C(O)CCCCCCCC/C=C\CCCCCCCCCCCCC. The van der Waals surface area contributed by atoms with Crippen LogP contribution < -0.4 is 5.32 Å². The molecule has 3 atom stereocenters. The Balaban J connectivity index is 3.71. The summed E-state index contributed by atoms with van der Waals surface area (Å²) in [6.45, 7) is 4.16. The van der Waals surface area contributed by atoms with E-state index in [2.05, 4.69) is 43.5 Å². The van der Waals surface area contributed by atoms with Crippen molar-refractivity contribution in [2.45, 2.75) is 238 Å². The molecule has 0 fully saturated rings. The summed E-state index contributed by atoms with van der Waals surface area (Å²) in [7, 11) is 0. The molecule has 0 rings (SSSR count). The third-order valence-corrected chi connectivity index (χ3v) is 9.95. The Bertz CT molecular complexity index is 779. The van der Waals surface area contributed by atoms with Crippen LogP contribution in [0.4, 0.5) is 0 Å². The minimum atomic E-state index is -1.11. The van der Waals surface area contributed by atoms with Crippen LogP contribution in [-0.4, -0.2) is 46.1 Å². The van der Waals surface area contributed by atoms with Gasteiger partial charge < -0.3 is 20.6 Å². The van der Waals surface area contributed by atoms with Gasteiger partial charge >= 0.3 is 0 Å². The fraction of sp³-hybridized carbons (Fsp3) is 0.844. The van der Waals surface area contributed by atoms with Crippen molar-refractivity contribution < 1.29 is 20.1 Å². The first-order valence-corrected chi connectivity index (χ1v) is 21.8. The minimum absolute atomic E-state index is 0.378. The monoisotopic (exact) mass is 704 g/mol. The Morgan fingerprint density at radius 1 is 0.480 bits per heavy atom. The van der Waals surface area contributed by atoms with Crippen molar-refractivity contribution in [3.8, 4) is 0 Å². The van der Waals surface area contributed by atoms with Gasteiger partial charge in [-0.2, -0.15) is 0 Å². The predicted octanol–water partition coefficient (Wildman–Crippen LogP) is 12.4. The first kappa shape index (κ1) is 48.6. The van der Waals surface area contributed by atoms with Crippen LogP contribution in [0.3, 0.4) is 0 Å².